The first kappa shape index (κ1) is 17.1. The largest absolute Gasteiger partial charge is 0.351 e. The minimum absolute atomic E-state index is 0.0929. The SMILES string of the molecule is Cc1nc(CCNC(=O)c2cn(C)c(=O)[nH]c2=O)nc2c1CCCC2. The molecule has 25 heavy (non-hydrogen) atoms. The summed E-state index contributed by atoms with van der Waals surface area (Å²) < 4.78 is 1.16. The highest BCUT2D eigenvalue weighted by molar-refractivity contribution is 5.93. The average Bonchev–Trinajstić information content (AvgIpc) is 2.58. The molecule has 0 fully saturated rings. The van der Waals surface area contributed by atoms with Crippen LogP contribution in [0.15, 0.2) is 15.8 Å². The van der Waals surface area contributed by atoms with E-state index in [2.05, 4.69) is 20.3 Å². The molecule has 0 aliphatic heterocycles. The molecule has 0 unspecified atom stereocenters. The van der Waals surface area contributed by atoms with Crippen molar-refractivity contribution < 1.29 is 4.79 Å². The number of aromatic amines is 1. The van der Waals surface area contributed by atoms with Crippen molar-refractivity contribution in [2.24, 2.45) is 7.05 Å². The molecule has 8 nitrogen and oxygen atoms in total. The van der Waals surface area contributed by atoms with E-state index in [4.69, 9.17) is 0 Å². The highest BCUT2D eigenvalue weighted by atomic mass is 16.2. The van der Waals surface area contributed by atoms with Gasteiger partial charge >= 0.3 is 5.69 Å². The molecule has 0 radical (unpaired) electrons. The third-order valence-electron chi connectivity index (χ3n) is 4.42. The Balaban J connectivity index is 1.66. The van der Waals surface area contributed by atoms with Crippen molar-refractivity contribution in [2.75, 3.05) is 6.54 Å². The van der Waals surface area contributed by atoms with Crippen LogP contribution >= 0.6 is 0 Å². The second-order valence-electron chi connectivity index (χ2n) is 6.28. The van der Waals surface area contributed by atoms with Gasteiger partial charge in [-0.3, -0.25) is 14.6 Å². The van der Waals surface area contributed by atoms with Gasteiger partial charge in [0.1, 0.15) is 11.4 Å². The van der Waals surface area contributed by atoms with Gasteiger partial charge in [-0.1, -0.05) is 0 Å². The van der Waals surface area contributed by atoms with Gasteiger partial charge in [0.25, 0.3) is 11.5 Å². The van der Waals surface area contributed by atoms with E-state index in [1.165, 1.54) is 25.2 Å². The van der Waals surface area contributed by atoms with Gasteiger partial charge < -0.3 is 9.88 Å². The molecule has 132 valence electrons. The first-order valence-electron chi connectivity index (χ1n) is 8.39. The molecule has 0 saturated carbocycles. The zero-order valence-electron chi connectivity index (χ0n) is 14.4. The quantitative estimate of drug-likeness (QED) is 0.813. The summed E-state index contributed by atoms with van der Waals surface area (Å²) in [7, 11) is 1.47. The normalized spacial score (nSPS) is 13.4. The monoisotopic (exact) mass is 343 g/mol. The molecule has 1 aliphatic rings. The molecular weight excluding hydrogens is 322 g/mol. The molecule has 2 N–H and O–H groups in total. The second-order valence-corrected chi connectivity index (χ2v) is 6.28. The van der Waals surface area contributed by atoms with Crippen LogP contribution in [0.4, 0.5) is 0 Å². The lowest BCUT2D eigenvalue weighted by molar-refractivity contribution is 0.0951. The Morgan fingerprint density at radius 3 is 2.84 bits per heavy atom. The summed E-state index contributed by atoms with van der Waals surface area (Å²) in [5.41, 5.74) is 2.05. The summed E-state index contributed by atoms with van der Waals surface area (Å²) in [6.45, 7) is 2.32. The maximum Gasteiger partial charge on any atom is 0.328 e. The topological polar surface area (TPSA) is 110 Å². The smallest absolute Gasteiger partial charge is 0.328 e. The fourth-order valence-corrected chi connectivity index (χ4v) is 3.06. The Labute approximate surface area is 144 Å². The van der Waals surface area contributed by atoms with E-state index in [1.54, 1.807) is 0 Å². The zero-order chi connectivity index (χ0) is 18.0. The Bertz CT molecular complexity index is 929. The average molecular weight is 343 g/mol. The van der Waals surface area contributed by atoms with Gasteiger partial charge in [0.2, 0.25) is 0 Å². The Kier molecular flexibility index (Phi) is 4.78. The number of nitrogens with zero attached hydrogens (tertiary/aromatic N) is 3. The number of hydrogen-bond donors (Lipinski definition) is 2. The summed E-state index contributed by atoms with van der Waals surface area (Å²) >= 11 is 0. The first-order chi connectivity index (χ1) is 12.0. The highest BCUT2D eigenvalue weighted by Gasteiger charge is 2.16. The minimum atomic E-state index is -0.693. The van der Waals surface area contributed by atoms with Gasteiger partial charge in [-0.15, -0.1) is 0 Å². The lowest BCUT2D eigenvalue weighted by atomic mass is 9.95. The molecule has 3 rings (SSSR count). The molecule has 0 atom stereocenters. The van der Waals surface area contributed by atoms with Crippen molar-refractivity contribution in [3.8, 4) is 0 Å². The van der Waals surface area contributed by atoms with Gasteiger partial charge in [-0.2, -0.15) is 0 Å². The van der Waals surface area contributed by atoms with Crippen LogP contribution in [-0.4, -0.2) is 32.0 Å². The van der Waals surface area contributed by atoms with Gasteiger partial charge in [-0.25, -0.2) is 14.8 Å². The van der Waals surface area contributed by atoms with Crippen molar-refractivity contribution in [3.05, 3.63) is 55.4 Å². The molecule has 1 aliphatic carbocycles. The fourth-order valence-electron chi connectivity index (χ4n) is 3.06. The van der Waals surface area contributed by atoms with E-state index in [0.717, 1.165) is 35.2 Å². The van der Waals surface area contributed by atoms with E-state index in [1.807, 2.05) is 6.92 Å². The van der Waals surface area contributed by atoms with Gasteiger partial charge in [-0.05, 0) is 38.2 Å². The maximum absolute atomic E-state index is 12.1. The van der Waals surface area contributed by atoms with Crippen molar-refractivity contribution in [1.82, 2.24) is 24.8 Å². The Morgan fingerprint density at radius 2 is 2.04 bits per heavy atom. The molecule has 1 amide bonds. The van der Waals surface area contributed by atoms with Crippen molar-refractivity contribution >= 4 is 5.91 Å². The van der Waals surface area contributed by atoms with E-state index >= 15 is 0 Å². The molecule has 0 spiro atoms. The Morgan fingerprint density at radius 1 is 1.28 bits per heavy atom. The van der Waals surface area contributed by atoms with Crippen molar-refractivity contribution in [3.63, 3.8) is 0 Å². The summed E-state index contributed by atoms with van der Waals surface area (Å²) in [5.74, 6) is 0.180. The zero-order valence-corrected chi connectivity index (χ0v) is 14.4. The number of fused-ring (bicyclic) bond motifs is 1. The second kappa shape index (κ2) is 7.00. The molecule has 2 aromatic rings. The maximum atomic E-state index is 12.1. The van der Waals surface area contributed by atoms with Crippen LogP contribution in [0, 0.1) is 6.92 Å². The Hall–Kier alpha value is -2.77. The number of carbonyl (C=O) groups is 1. The summed E-state index contributed by atoms with van der Waals surface area (Å²) in [6.07, 6.45) is 6.06. The van der Waals surface area contributed by atoms with Crippen LogP contribution in [0.1, 0.15) is 46.0 Å². The highest BCUT2D eigenvalue weighted by Crippen LogP contribution is 2.21. The van der Waals surface area contributed by atoms with Crippen LogP contribution in [0.5, 0.6) is 0 Å². The number of amides is 1. The third-order valence-corrected chi connectivity index (χ3v) is 4.42. The number of nitrogens with one attached hydrogen (secondary N) is 2. The minimum Gasteiger partial charge on any atom is -0.351 e. The van der Waals surface area contributed by atoms with Gasteiger partial charge in [0.05, 0.1) is 0 Å². The third kappa shape index (κ3) is 3.67. The van der Waals surface area contributed by atoms with E-state index < -0.39 is 17.2 Å². The predicted molar refractivity (Wildman–Crippen MR) is 91.8 cm³/mol. The molecule has 0 bridgehead atoms. The number of H-pyrrole nitrogens is 1. The van der Waals surface area contributed by atoms with Crippen molar-refractivity contribution in [1.29, 1.82) is 0 Å². The molecule has 2 aromatic heterocycles. The molecular formula is C17H21N5O3. The molecule has 2 heterocycles. The standard InChI is InChI=1S/C17H21N5O3/c1-10-11-5-3-4-6-13(11)20-14(19-10)7-8-18-15(23)12-9-22(2)17(25)21-16(12)24/h9H,3-8H2,1-2H3,(H,18,23)(H,21,24,25). The van der Waals surface area contributed by atoms with E-state index in [0.29, 0.717) is 18.8 Å². The number of aromatic nitrogens is 4. The van der Waals surface area contributed by atoms with Crippen LogP contribution < -0.4 is 16.6 Å². The van der Waals surface area contributed by atoms with Gasteiger partial charge in [0, 0.05) is 37.6 Å². The number of rotatable bonds is 4. The molecule has 8 heteroatoms. The fraction of sp³-hybridized carbons (Fsp3) is 0.471. The summed E-state index contributed by atoms with van der Waals surface area (Å²) in [6, 6.07) is 0. The summed E-state index contributed by atoms with van der Waals surface area (Å²) in [5, 5.41) is 2.68. The number of carbonyl (C=O) groups excluding carboxylic acids is 1. The lowest BCUT2D eigenvalue weighted by Crippen LogP contribution is -2.36. The number of hydrogen-bond acceptors (Lipinski definition) is 5. The van der Waals surface area contributed by atoms with Crippen LogP contribution in [0.2, 0.25) is 0 Å². The van der Waals surface area contributed by atoms with Gasteiger partial charge in [0.15, 0.2) is 0 Å². The van der Waals surface area contributed by atoms with E-state index in [9.17, 15) is 14.4 Å². The lowest BCUT2D eigenvalue weighted by Gasteiger charge is -2.17. The van der Waals surface area contributed by atoms with Crippen LogP contribution in [0.3, 0.4) is 0 Å². The van der Waals surface area contributed by atoms with Crippen molar-refractivity contribution in [2.45, 2.75) is 39.0 Å². The first-order valence-corrected chi connectivity index (χ1v) is 8.39. The van der Waals surface area contributed by atoms with Crippen LogP contribution in [-0.2, 0) is 26.3 Å². The van der Waals surface area contributed by atoms with Crippen LogP contribution in [0.25, 0.3) is 0 Å². The molecule has 0 saturated heterocycles. The predicted octanol–water partition coefficient (Wildman–Crippen LogP) is 0.0233. The summed E-state index contributed by atoms with van der Waals surface area (Å²) in [4.78, 5) is 46.4. The van der Waals surface area contributed by atoms with E-state index in [-0.39, 0.29) is 5.56 Å². The number of aryl methyl sites for hydroxylation is 3. The molecule has 0 aromatic carbocycles.